The van der Waals surface area contributed by atoms with Gasteiger partial charge in [0, 0.05) is 38.3 Å². The number of hydrogen-bond donors (Lipinski definition) is 1. The Morgan fingerprint density at radius 1 is 1.38 bits per heavy atom. The predicted molar refractivity (Wildman–Crippen MR) is 99.1 cm³/mol. The molecule has 1 amide bonds. The lowest BCUT2D eigenvalue weighted by molar-refractivity contribution is -0.135. The van der Waals surface area contributed by atoms with Crippen LogP contribution in [0.3, 0.4) is 0 Å². The Hall–Kier alpha value is -1.55. The first-order valence-electron chi connectivity index (χ1n) is 9.35. The number of piperidine rings is 1. The van der Waals surface area contributed by atoms with Crippen LogP contribution in [0.15, 0.2) is 24.3 Å². The third kappa shape index (κ3) is 3.75. The number of nitrogens with one attached hydrogen (secondary N) is 1. The summed E-state index contributed by atoms with van der Waals surface area (Å²) in [4.78, 5) is 17.4. The van der Waals surface area contributed by atoms with Gasteiger partial charge in [0.15, 0.2) is 0 Å². The lowest BCUT2D eigenvalue weighted by atomic mass is 9.85. The Morgan fingerprint density at radius 2 is 2.17 bits per heavy atom. The molecule has 0 aliphatic carbocycles. The Bertz CT molecular complexity index is 568. The van der Waals surface area contributed by atoms with Crippen LogP contribution in [0.25, 0.3) is 0 Å². The second-order valence-corrected chi connectivity index (χ2v) is 7.67. The molecular formula is C20H31N3O. The van der Waals surface area contributed by atoms with Crippen LogP contribution in [0.2, 0.25) is 0 Å². The first-order chi connectivity index (χ1) is 11.6. The van der Waals surface area contributed by atoms with Crippen molar-refractivity contribution in [1.82, 2.24) is 10.2 Å². The van der Waals surface area contributed by atoms with E-state index >= 15 is 0 Å². The minimum atomic E-state index is 0.242. The largest absolute Gasteiger partial charge is 0.372 e. The van der Waals surface area contributed by atoms with Gasteiger partial charge < -0.3 is 15.1 Å². The Balaban J connectivity index is 1.69. The molecule has 2 aliphatic rings. The number of carbonyl (C=O) groups excluding carboxylic acids is 1. The van der Waals surface area contributed by atoms with E-state index in [4.69, 9.17) is 0 Å². The summed E-state index contributed by atoms with van der Waals surface area (Å²) in [6.07, 6.45) is 3.16. The number of amides is 1. The van der Waals surface area contributed by atoms with Crippen molar-refractivity contribution in [2.45, 2.75) is 45.7 Å². The molecule has 1 N–H and O–H groups in total. The van der Waals surface area contributed by atoms with Gasteiger partial charge in [-0.2, -0.15) is 0 Å². The molecule has 3 atom stereocenters. The number of nitrogens with zero attached hydrogens (tertiary/aromatic N) is 2. The molecule has 0 spiro atoms. The Kier molecular flexibility index (Phi) is 5.44. The van der Waals surface area contributed by atoms with Gasteiger partial charge in [-0.05, 0) is 56.3 Å². The second kappa shape index (κ2) is 7.56. The molecule has 1 aromatic rings. The first-order valence-corrected chi connectivity index (χ1v) is 9.35. The summed E-state index contributed by atoms with van der Waals surface area (Å²) in [5.41, 5.74) is 2.51. The lowest BCUT2D eigenvalue weighted by Crippen LogP contribution is -2.43. The first kappa shape index (κ1) is 17.3. The van der Waals surface area contributed by atoms with Gasteiger partial charge in [0.1, 0.15) is 0 Å². The monoisotopic (exact) mass is 329 g/mol. The van der Waals surface area contributed by atoms with Gasteiger partial charge in [0.2, 0.25) is 5.91 Å². The van der Waals surface area contributed by atoms with Crippen LogP contribution < -0.4 is 10.2 Å². The van der Waals surface area contributed by atoms with Gasteiger partial charge >= 0.3 is 0 Å². The summed E-state index contributed by atoms with van der Waals surface area (Å²) >= 11 is 0. The highest BCUT2D eigenvalue weighted by Gasteiger charge is 2.29. The van der Waals surface area contributed by atoms with E-state index in [0.29, 0.717) is 24.2 Å². The quantitative estimate of drug-likeness (QED) is 0.926. The molecule has 0 bridgehead atoms. The SMILES string of the molecule is CC(CC(=O)N1Cc2ccccc2N(C)CC1C)C1CCCNC1. The van der Waals surface area contributed by atoms with Crippen molar-refractivity contribution in [2.24, 2.45) is 11.8 Å². The van der Waals surface area contributed by atoms with E-state index < -0.39 is 0 Å². The highest BCUT2D eigenvalue weighted by atomic mass is 16.2. The number of fused-ring (bicyclic) bond motifs is 1. The fourth-order valence-electron chi connectivity index (χ4n) is 4.21. The topological polar surface area (TPSA) is 35.6 Å². The minimum Gasteiger partial charge on any atom is -0.372 e. The van der Waals surface area contributed by atoms with Crippen LogP contribution in [0.4, 0.5) is 5.69 Å². The van der Waals surface area contributed by atoms with E-state index in [9.17, 15) is 4.79 Å². The van der Waals surface area contributed by atoms with Gasteiger partial charge in [-0.15, -0.1) is 0 Å². The highest BCUT2D eigenvalue weighted by Crippen LogP contribution is 2.28. The van der Waals surface area contributed by atoms with Crippen molar-refractivity contribution in [2.75, 3.05) is 31.6 Å². The minimum absolute atomic E-state index is 0.242. The number of carbonyl (C=O) groups is 1. The molecule has 1 aromatic carbocycles. The fourth-order valence-corrected chi connectivity index (χ4v) is 4.21. The van der Waals surface area contributed by atoms with E-state index in [-0.39, 0.29) is 6.04 Å². The van der Waals surface area contributed by atoms with E-state index in [1.54, 1.807) is 0 Å². The molecule has 132 valence electrons. The molecule has 0 radical (unpaired) electrons. The third-order valence-corrected chi connectivity index (χ3v) is 5.77. The second-order valence-electron chi connectivity index (χ2n) is 7.67. The number of likely N-dealkylation sites (N-methyl/N-ethyl adjacent to an activating group) is 1. The van der Waals surface area contributed by atoms with Gasteiger partial charge in [-0.3, -0.25) is 4.79 Å². The van der Waals surface area contributed by atoms with Crippen molar-refractivity contribution >= 4 is 11.6 Å². The van der Waals surface area contributed by atoms with Crippen molar-refractivity contribution in [3.05, 3.63) is 29.8 Å². The van der Waals surface area contributed by atoms with Crippen LogP contribution >= 0.6 is 0 Å². The number of benzene rings is 1. The van der Waals surface area contributed by atoms with Crippen LogP contribution in [0.1, 0.15) is 38.7 Å². The van der Waals surface area contributed by atoms with Crippen LogP contribution in [-0.2, 0) is 11.3 Å². The summed E-state index contributed by atoms with van der Waals surface area (Å²) in [7, 11) is 2.12. The molecule has 4 nitrogen and oxygen atoms in total. The molecular weight excluding hydrogens is 298 g/mol. The van der Waals surface area contributed by atoms with Crippen molar-refractivity contribution in [1.29, 1.82) is 0 Å². The lowest BCUT2D eigenvalue weighted by Gasteiger charge is -2.32. The van der Waals surface area contributed by atoms with Crippen LogP contribution in [0, 0.1) is 11.8 Å². The Labute approximate surface area is 146 Å². The molecule has 0 aromatic heterocycles. The maximum absolute atomic E-state index is 13.0. The van der Waals surface area contributed by atoms with Gasteiger partial charge in [0.25, 0.3) is 0 Å². The summed E-state index contributed by atoms with van der Waals surface area (Å²) in [6, 6.07) is 8.70. The van der Waals surface area contributed by atoms with E-state index in [2.05, 4.69) is 60.3 Å². The van der Waals surface area contributed by atoms with Crippen molar-refractivity contribution in [3.63, 3.8) is 0 Å². The molecule has 4 heteroatoms. The maximum Gasteiger partial charge on any atom is 0.223 e. The number of anilines is 1. The summed E-state index contributed by atoms with van der Waals surface area (Å²) in [5, 5.41) is 3.47. The molecule has 2 heterocycles. The van der Waals surface area contributed by atoms with Crippen LogP contribution in [-0.4, -0.2) is 43.5 Å². The van der Waals surface area contributed by atoms with E-state index in [1.165, 1.54) is 24.1 Å². The van der Waals surface area contributed by atoms with Crippen LogP contribution in [0.5, 0.6) is 0 Å². The number of para-hydroxylation sites is 1. The third-order valence-electron chi connectivity index (χ3n) is 5.77. The van der Waals surface area contributed by atoms with Gasteiger partial charge in [-0.1, -0.05) is 25.1 Å². The number of hydrogen-bond acceptors (Lipinski definition) is 3. The molecule has 1 saturated heterocycles. The molecule has 1 fully saturated rings. The maximum atomic E-state index is 13.0. The summed E-state index contributed by atoms with van der Waals surface area (Å²) < 4.78 is 0. The summed E-state index contributed by atoms with van der Waals surface area (Å²) in [5.74, 6) is 1.40. The fraction of sp³-hybridized carbons (Fsp3) is 0.650. The normalized spacial score (nSPS) is 25.8. The van der Waals surface area contributed by atoms with Gasteiger partial charge in [-0.25, -0.2) is 0 Å². The van der Waals surface area contributed by atoms with Gasteiger partial charge in [0.05, 0.1) is 0 Å². The molecule has 24 heavy (non-hydrogen) atoms. The zero-order valence-electron chi connectivity index (χ0n) is 15.3. The zero-order valence-corrected chi connectivity index (χ0v) is 15.3. The average molecular weight is 329 g/mol. The molecule has 3 rings (SSSR count). The highest BCUT2D eigenvalue weighted by molar-refractivity contribution is 5.77. The summed E-state index contributed by atoms with van der Waals surface area (Å²) in [6.45, 7) is 8.24. The average Bonchev–Trinajstić information content (AvgIpc) is 2.72. The molecule has 0 saturated carbocycles. The smallest absolute Gasteiger partial charge is 0.223 e. The van der Waals surface area contributed by atoms with E-state index in [0.717, 1.165) is 26.2 Å². The standard InChI is InChI=1S/C20H31N3O/c1-15(17-8-6-10-21-12-17)11-20(24)23-14-18-7-4-5-9-19(18)22(3)13-16(23)2/h4-5,7,9,15-17,21H,6,8,10-14H2,1-3H3. The van der Waals surface area contributed by atoms with E-state index in [1.807, 2.05) is 0 Å². The number of rotatable bonds is 3. The predicted octanol–water partition coefficient (Wildman–Crippen LogP) is 2.88. The molecule has 2 aliphatic heterocycles. The van der Waals surface area contributed by atoms with Crippen molar-refractivity contribution < 1.29 is 4.79 Å². The zero-order chi connectivity index (χ0) is 17.1. The molecule has 3 unspecified atom stereocenters. The van der Waals surface area contributed by atoms with Crippen molar-refractivity contribution in [3.8, 4) is 0 Å². The Morgan fingerprint density at radius 3 is 2.92 bits per heavy atom.